The van der Waals surface area contributed by atoms with E-state index in [1.165, 1.54) is 20.0 Å². The molecular weight excluding hydrogens is 543 g/mol. The number of ether oxygens (including phenoxy) is 1. The van der Waals surface area contributed by atoms with Gasteiger partial charge in [0.15, 0.2) is 5.69 Å². The quantitative estimate of drug-likeness (QED) is 0.386. The molecule has 0 bridgehead atoms. The molecule has 1 aliphatic rings. The number of aromatic nitrogens is 3. The Morgan fingerprint density at radius 3 is 2.47 bits per heavy atom. The number of carbonyl (C=O) groups excluding carboxylic acids is 1. The Balaban J connectivity index is 0.00000161. The first kappa shape index (κ1) is 31.6. The lowest BCUT2D eigenvalue weighted by Crippen LogP contribution is -2.31. The average Bonchev–Trinajstić information content (AvgIpc) is 3.22. The SMILES string of the molecule is CCn1nc(C(=O)NCC2CCC(C)CC2)c(C)c1-c1cnc(NCCSC(F)(F)F)cc1OC.O=S=O. The number of hydrogen-bond donors (Lipinski definition) is 2. The van der Waals surface area contributed by atoms with Gasteiger partial charge in [-0.05, 0) is 50.3 Å². The zero-order valence-electron chi connectivity index (χ0n) is 21.9. The lowest BCUT2D eigenvalue weighted by molar-refractivity contribution is -0.0327. The normalized spacial score (nSPS) is 17.2. The smallest absolute Gasteiger partial charge is 0.441 e. The van der Waals surface area contributed by atoms with E-state index in [1.807, 2.05) is 13.8 Å². The van der Waals surface area contributed by atoms with E-state index in [0.29, 0.717) is 41.8 Å². The summed E-state index contributed by atoms with van der Waals surface area (Å²) in [6, 6.07) is 1.64. The number of rotatable bonds is 10. The molecule has 0 atom stereocenters. The molecule has 0 spiro atoms. The van der Waals surface area contributed by atoms with Crippen molar-refractivity contribution in [3.63, 3.8) is 0 Å². The maximum absolute atomic E-state index is 13.0. The fraction of sp³-hybridized carbons (Fsp3) is 0.625. The third kappa shape index (κ3) is 9.29. The Kier molecular flexibility index (Phi) is 12.6. The zero-order chi connectivity index (χ0) is 28.3. The van der Waals surface area contributed by atoms with E-state index >= 15 is 0 Å². The van der Waals surface area contributed by atoms with Gasteiger partial charge in [0.05, 0.1) is 18.4 Å². The highest BCUT2D eigenvalue weighted by molar-refractivity contribution is 8.00. The zero-order valence-corrected chi connectivity index (χ0v) is 23.5. The van der Waals surface area contributed by atoms with Crippen LogP contribution in [0.4, 0.5) is 19.0 Å². The molecule has 1 aliphatic carbocycles. The molecule has 2 aromatic heterocycles. The maximum Gasteiger partial charge on any atom is 0.441 e. The number of nitrogens with one attached hydrogen (secondary N) is 2. The van der Waals surface area contributed by atoms with E-state index in [-0.39, 0.29) is 30.0 Å². The largest absolute Gasteiger partial charge is 0.496 e. The summed E-state index contributed by atoms with van der Waals surface area (Å²) in [6.45, 7) is 7.37. The van der Waals surface area contributed by atoms with Crippen LogP contribution >= 0.6 is 11.8 Å². The summed E-state index contributed by atoms with van der Waals surface area (Å²) in [5, 5.41) is 10.5. The number of aryl methyl sites for hydroxylation is 1. The third-order valence-electron chi connectivity index (χ3n) is 6.41. The highest BCUT2D eigenvalue weighted by atomic mass is 32.2. The van der Waals surface area contributed by atoms with Crippen molar-refractivity contribution in [2.75, 3.05) is 31.3 Å². The Morgan fingerprint density at radius 1 is 1.24 bits per heavy atom. The molecule has 14 heteroatoms. The van der Waals surface area contributed by atoms with Crippen LogP contribution in [0.5, 0.6) is 5.75 Å². The Hall–Kier alpha value is -2.61. The molecule has 38 heavy (non-hydrogen) atoms. The number of nitrogens with zero attached hydrogens (tertiary/aromatic N) is 3. The van der Waals surface area contributed by atoms with E-state index in [0.717, 1.165) is 30.0 Å². The van der Waals surface area contributed by atoms with Crippen LogP contribution in [0.25, 0.3) is 11.3 Å². The molecule has 3 rings (SSSR count). The molecule has 2 N–H and O–H groups in total. The van der Waals surface area contributed by atoms with Crippen molar-refractivity contribution in [2.45, 2.75) is 58.5 Å². The number of alkyl halides is 3. The van der Waals surface area contributed by atoms with Crippen molar-refractivity contribution < 1.29 is 31.1 Å². The number of halogens is 3. The second-order valence-corrected chi connectivity index (χ2v) is 10.3. The van der Waals surface area contributed by atoms with Crippen molar-refractivity contribution in [3.05, 3.63) is 23.5 Å². The molecule has 0 unspecified atom stereocenters. The first-order chi connectivity index (χ1) is 18.0. The van der Waals surface area contributed by atoms with Crippen LogP contribution in [-0.4, -0.2) is 60.5 Å². The Bertz CT molecular complexity index is 1100. The van der Waals surface area contributed by atoms with Gasteiger partial charge in [0.25, 0.3) is 5.91 Å². The highest BCUT2D eigenvalue weighted by Gasteiger charge is 2.28. The van der Waals surface area contributed by atoms with Crippen molar-refractivity contribution in [1.82, 2.24) is 20.1 Å². The molecule has 0 saturated heterocycles. The standard InChI is InChI=1S/C24H34F3N5O2S.O2S/c1-5-32-22(16(3)21(31-32)23(33)30-13-17-8-6-15(2)7-9-17)18-14-29-20(12-19(18)34-4)28-10-11-35-24(25,26)27;1-3-2/h12,14-15,17H,5-11,13H2,1-4H3,(H,28,29)(H,30,33);. The van der Waals surface area contributed by atoms with E-state index in [1.54, 1.807) is 16.9 Å². The van der Waals surface area contributed by atoms with Crippen LogP contribution in [0.1, 0.15) is 55.6 Å². The summed E-state index contributed by atoms with van der Waals surface area (Å²) in [6.07, 6.45) is 6.26. The minimum atomic E-state index is -4.26. The topological polar surface area (TPSA) is 115 Å². The molecule has 0 radical (unpaired) electrons. The second-order valence-electron chi connectivity index (χ2n) is 9.03. The van der Waals surface area contributed by atoms with E-state index in [9.17, 15) is 18.0 Å². The van der Waals surface area contributed by atoms with Crippen LogP contribution in [0.3, 0.4) is 0 Å². The average molecular weight is 578 g/mol. The van der Waals surface area contributed by atoms with Crippen LogP contribution in [0, 0.1) is 18.8 Å². The molecule has 2 aromatic rings. The van der Waals surface area contributed by atoms with Gasteiger partial charge >= 0.3 is 17.1 Å². The highest BCUT2D eigenvalue weighted by Crippen LogP contribution is 2.35. The summed E-state index contributed by atoms with van der Waals surface area (Å²) >= 11 is -0.833. The minimum absolute atomic E-state index is 0.0830. The molecule has 1 amide bonds. The molecular formula is C24H34F3N5O4S2. The van der Waals surface area contributed by atoms with E-state index in [4.69, 9.17) is 13.2 Å². The van der Waals surface area contributed by atoms with Gasteiger partial charge in [-0.3, -0.25) is 9.48 Å². The molecule has 1 saturated carbocycles. The number of anilines is 1. The molecule has 9 nitrogen and oxygen atoms in total. The first-order valence-corrected chi connectivity index (χ1v) is 14.0. The van der Waals surface area contributed by atoms with Crippen LogP contribution < -0.4 is 15.4 Å². The van der Waals surface area contributed by atoms with Gasteiger partial charge in [0.2, 0.25) is 0 Å². The van der Waals surface area contributed by atoms with E-state index < -0.39 is 17.1 Å². The number of amides is 1. The van der Waals surface area contributed by atoms with Gasteiger partial charge in [-0.25, -0.2) is 4.98 Å². The fourth-order valence-electron chi connectivity index (χ4n) is 4.42. The molecule has 2 heterocycles. The van der Waals surface area contributed by atoms with E-state index in [2.05, 4.69) is 27.6 Å². The summed E-state index contributed by atoms with van der Waals surface area (Å²) in [7, 11) is 1.52. The first-order valence-electron chi connectivity index (χ1n) is 12.3. The van der Waals surface area contributed by atoms with Crippen molar-refractivity contribution in [1.29, 1.82) is 0 Å². The van der Waals surface area contributed by atoms with Gasteiger partial charge in [-0.1, -0.05) is 19.8 Å². The number of methoxy groups -OCH3 is 1. The van der Waals surface area contributed by atoms with Crippen molar-refractivity contribution >= 4 is 35.1 Å². The number of carbonyl (C=O) groups is 1. The molecule has 0 aliphatic heterocycles. The lowest BCUT2D eigenvalue weighted by Gasteiger charge is -2.26. The maximum atomic E-state index is 13.0. The van der Waals surface area contributed by atoms with Crippen LogP contribution in [-0.2, 0) is 18.1 Å². The monoisotopic (exact) mass is 577 g/mol. The predicted molar refractivity (Wildman–Crippen MR) is 142 cm³/mol. The minimum Gasteiger partial charge on any atom is -0.496 e. The fourth-order valence-corrected chi connectivity index (χ4v) is 4.85. The van der Waals surface area contributed by atoms with Crippen LogP contribution in [0.2, 0.25) is 0 Å². The number of pyridine rings is 1. The van der Waals surface area contributed by atoms with Gasteiger partial charge in [-0.2, -0.15) is 26.7 Å². The van der Waals surface area contributed by atoms with Gasteiger partial charge in [-0.15, -0.1) is 0 Å². The Labute approximate surface area is 228 Å². The molecule has 0 aromatic carbocycles. The molecule has 212 valence electrons. The third-order valence-corrected chi connectivity index (χ3v) is 7.14. The Morgan fingerprint density at radius 2 is 1.89 bits per heavy atom. The summed E-state index contributed by atoms with van der Waals surface area (Å²) < 4.78 is 60.9. The lowest BCUT2D eigenvalue weighted by atomic mass is 9.83. The summed E-state index contributed by atoms with van der Waals surface area (Å²) in [5.74, 6) is 1.84. The predicted octanol–water partition coefficient (Wildman–Crippen LogP) is 4.83. The van der Waals surface area contributed by atoms with Gasteiger partial charge in [0, 0.05) is 43.2 Å². The van der Waals surface area contributed by atoms with Crippen LogP contribution in [0.15, 0.2) is 12.3 Å². The summed E-state index contributed by atoms with van der Waals surface area (Å²) in [4.78, 5) is 17.3. The van der Waals surface area contributed by atoms with Crippen molar-refractivity contribution in [2.24, 2.45) is 11.8 Å². The number of thioether (sulfide) groups is 1. The molecule has 1 fully saturated rings. The second kappa shape index (κ2) is 15.1. The summed E-state index contributed by atoms with van der Waals surface area (Å²) in [5.41, 5.74) is -1.77. The van der Waals surface area contributed by atoms with Gasteiger partial charge in [0.1, 0.15) is 11.6 Å². The van der Waals surface area contributed by atoms with Crippen molar-refractivity contribution in [3.8, 4) is 17.0 Å². The van der Waals surface area contributed by atoms with Gasteiger partial charge < -0.3 is 15.4 Å². The number of hydrogen-bond acceptors (Lipinski definition) is 8.